The Labute approximate surface area is 170 Å². The maximum absolute atomic E-state index is 9.95. The van der Waals surface area contributed by atoms with Crippen LogP contribution in [0, 0.1) is 0 Å². The van der Waals surface area contributed by atoms with E-state index in [9.17, 15) is 5.11 Å². The first-order valence-corrected chi connectivity index (χ1v) is 9.73. The number of aliphatic hydroxyl groups excluding tert-OH is 1. The molecular formula is C23H26N2O4. The molecule has 4 rings (SSSR count). The van der Waals surface area contributed by atoms with Gasteiger partial charge in [0.05, 0.1) is 33.1 Å². The van der Waals surface area contributed by atoms with Gasteiger partial charge < -0.3 is 19.3 Å². The van der Waals surface area contributed by atoms with E-state index in [1.54, 1.807) is 21.3 Å². The van der Waals surface area contributed by atoms with Crippen molar-refractivity contribution in [1.82, 2.24) is 9.88 Å². The number of ether oxygens (including phenoxy) is 3. The molecule has 0 unspecified atom stereocenters. The van der Waals surface area contributed by atoms with Crippen LogP contribution in [0.3, 0.4) is 0 Å². The minimum absolute atomic E-state index is 0.271. The zero-order valence-corrected chi connectivity index (χ0v) is 17.0. The van der Waals surface area contributed by atoms with Crippen LogP contribution in [-0.4, -0.2) is 55.5 Å². The van der Waals surface area contributed by atoms with Crippen molar-refractivity contribution < 1.29 is 19.3 Å². The van der Waals surface area contributed by atoms with Crippen molar-refractivity contribution >= 4 is 10.9 Å². The first-order valence-electron chi connectivity index (χ1n) is 9.73. The highest BCUT2D eigenvalue weighted by Gasteiger charge is 2.23. The van der Waals surface area contributed by atoms with E-state index in [0.717, 1.165) is 52.2 Å². The maximum Gasteiger partial charge on any atom is 0.145 e. The van der Waals surface area contributed by atoms with Crippen LogP contribution in [-0.2, 0) is 6.54 Å². The minimum atomic E-state index is -0.271. The van der Waals surface area contributed by atoms with Gasteiger partial charge in [-0.2, -0.15) is 0 Å². The molecule has 6 nitrogen and oxygen atoms in total. The molecule has 2 heterocycles. The Morgan fingerprint density at radius 3 is 2.41 bits per heavy atom. The van der Waals surface area contributed by atoms with Crippen LogP contribution in [0.5, 0.6) is 17.2 Å². The molecule has 1 atom stereocenters. The number of likely N-dealkylation sites (tertiary alicyclic amines) is 1. The number of rotatable bonds is 6. The number of methoxy groups -OCH3 is 3. The minimum Gasteiger partial charge on any atom is -0.496 e. The lowest BCUT2D eigenvalue weighted by atomic mass is 10.0. The lowest BCUT2D eigenvalue weighted by molar-refractivity contribution is 0.175. The number of aliphatic hydroxyl groups is 1. The molecule has 29 heavy (non-hydrogen) atoms. The second-order valence-electron chi connectivity index (χ2n) is 7.24. The van der Waals surface area contributed by atoms with Crippen LogP contribution in [0.15, 0.2) is 42.5 Å². The molecular weight excluding hydrogens is 368 g/mol. The van der Waals surface area contributed by atoms with E-state index in [1.165, 1.54) is 0 Å². The quantitative estimate of drug-likeness (QED) is 0.690. The Kier molecular flexibility index (Phi) is 5.56. The summed E-state index contributed by atoms with van der Waals surface area (Å²) in [6, 6.07) is 13.8. The maximum atomic E-state index is 9.95. The van der Waals surface area contributed by atoms with Gasteiger partial charge in [0.15, 0.2) is 0 Å². The zero-order valence-electron chi connectivity index (χ0n) is 17.0. The summed E-state index contributed by atoms with van der Waals surface area (Å²) < 4.78 is 16.8. The van der Waals surface area contributed by atoms with Crippen molar-refractivity contribution in [2.75, 3.05) is 34.4 Å². The van der Waals surface area contributed by atoms with Crippen LogP contribution in [0.25, 0.3) is 22.2 Å². The average Bonchev–Trinajstić information content (AvgIpc) is 3.17. The lowest BCUT2D eigenvalue weighted by Gasteiger charge is -2.20. The van der Waals surface area contributed by atoms with Crippen molar-refractivity contribution in [3.05, 3.63) is 48.0 Å². The SMILES string of the molecule is COc1ccccc1-c1nc2c(OC)ccc(OC)c2cc1CN1CC[C@H](O)C1. The predicted octanol–water partition coefficient (Wildman–Crippen LogP) is 3.49. The van der Waals surface area contributed by atoms with Crippen LogP contribution < -0.4 is 14.2 Å². The molecule has 0 spiro atoms. The normalized spacial score (nSPS) is 16.9. The van der Waals surface area contributed by atoms with Crippen LogP contribution in [0.1, 0.15) is 12.0 Å². The predicted molar refractivity (Wildman–Crippen MR) is 113 cm³/mol. The molecule has 2 aromatic carbocycles. The molecule has 1 fully saturated rings. The molecule has 1 aliphatic heterocycles. The zero-order chi connectivity index (χ0) is 20.4. The summed E-state index contributed by atoms with van der Waals surface area (Å²) in [6.45, 7) is 2.21. The summed E-state index contributed by atoms with van der Waals surface area (Å²) in [4.78, 5) is 7.27. The Morgan fingerprint density at radius 2 is 1.72 bits per heavy atom. The van der Waals surface area contributed by atoms with Gasteiger partial charge in [-0.25, -0.2) is 4.98 Å². The Morgan fingerprint density at radius 1 is 1.00 bits per heavy atom. The van der Waals surface area contributed by atoms with Gasteiger partial charge in [-0.1, -0.05) is 12.1 Å². The van der Waals surface area contributed by atoms with E-state index >= 15 is 0 Å². The van der Waals surface area contributed by atoms with E-state index in [4.69, 9.17) is 19.2 Å². The molecule has 0 aliphatic carbocycles. The number of pyridine rings is 1. The van der Waals surface area contributed by atoms with Gasteiger partial charge in [-0.05, 0) is 42.3 Å². The number of fused-ring (bicyclic) bond motifs is 1. The lowest BCUT2D eigenvalue weighted by Crippen LogP contribution is -2.22. The Hall–Kier alpha value is -2.83. The molecule has 1 aromatic heterocycles. The van der Waals surface area contributed by atoms with E-state index < -0.39 is 0 Å². The molecule has 0 radical (unpaired) electrons. The summed E-state index contributed by atoms with van der Waals surface area (Å²) >= 11 is 0. The molecule has 0 bridgehead atoms. The van der Waals surface area contributed by atoms with Crippen LogP contribution >= 0.6 is 0 Å². The first kappa shape index (κ1) is 19.5. The molecule has 0 amide bonds. The molecule has 6 heteroatoms. The summed E-state index contributed by atoms with van der Waals surface area (Å²) in [5.74, 6) is 2.21. The number of aromatic nitrogens is 1. The van der Waals surface area contributed by atoms with Gasteiger partial charge in [0.1, 0.15) is 22.8 Å². The third kappa shape index (κ3) is 3.73. The van der Waals surface area contributed by atoms with E-state index in [1.807, 2.05) is 36.4 Å². The second-order valence-corrected chi connectivity index (χ2v) is 7.24. The summed E-state index contributed by atoms with van der Waals surface area (Å²) in [5, 5.41) is 10.9. The molecule has 3 aromatic rings. The number of para-hydroxylation sites is 1. The van der Waals surface area contributed by atoms with Gasteiger partial charge in [0, 0.05) is 30.6 Å². The summed E-state index contributed by atoms with van der Waals surface area (Å²) in [7, 11) is 4.97. The number of benzene rings is 2. The topological polar surface area (TPSA) is 64.0 Å². The van der Waals surface area contributed by atoms with Crippen molar-refractivity contribution in [2.24, 2.45) is 0 Å². The van der Waals surface area contributed by atoms with Gasteiger partial charge in [-0.3, -0.25) is 4.90 Å². The standard InChI is InChI=1S/C23H26N2O4/c1-27-19-7-5-4-6-17(19)22-15(13-25-11-10-16(26)14-25)12-18-20(28-2)8-9-21(29-3)23(18)24-22/h4-9,12,16,26H,10-11,13-14H2,1-3H3/t16-/m0/s1. The molecule has 0 saturated carbocycles. The van der Waals surface area contributed by atoms with Crippen molar-refractivity contribution in [1.29, 1.82) is 0 Å². The fraction of sp³-hybridized carbons (Fsp3) is 0.348. The van der Waals surface area contributed by atoms with Gasteiger partial charge in [-0.15, -0.1) is 0 Å². The smallest absolute Gasteiger partial charge is 0.145 e. The number of nitrogens with zero attached hydrogens (tertiary/aromatic N) is 2. The van der Waals surface area contributed by atoms with E-state index in [0.29, 0.717) is 18.8 Å². The fourth-order valence-electron chi connectivity index (χ4n) is 3.98. The van der Waals surface area contributed by atoms with Crippen molar-refractivity contribution in [3.63, 3.8) is 0 Å². The van der Waals surface area contributed by atoms with E-state index in [2.05, 4.69) is 11.0 Å². The number of hydrogen-bond donors (Lipinski definition) is 1. The average molecular weight is 394 g/mol. The largest absolute Gasteiger partial charge is 0.496 e. The van der Waals surface area contributed by atoms with Crippen molar-refractivity contribution in [2.45, 2.75) is 19.1 Å². The second kappa shape index (κ2) is 8.27. The van der Waals surface area contributed by atoms with Gasteiger partial charge in [0.25, 0.3) is 0 Å². The van der Waals surface area contributed by atoms with Gasteiger partial charge >= 0.3 is 0 Å². The highest BCUT2D eigenvalue weighted by Crippen LogP contribution is 2.38. The molecule has 1 saturated heterocycles. The fourth-order valence-corrected chi connectivity index (χ4v) is 3.98. The number of β-amino-alcohol motifs (C(OH)–C–C–N with tert-alkyl or cyclic N) is 1. The van der Waals surface area contributed by atoms with Gasteiger partial charge in [0.2, 0.25) is 0 Å². The van der Waals surface area contributed by atoms with Crippen molar-refractivity contribution in [3.8, 4) is 28.5 Å². The summed E-state index contributed by atoms with van der Waals surface area (Å²) in [6.07, 6.45) is 0.523. The third-order valence-electron chi connectivity index (χ3n) is 5.43. The highest BCUT2D eigenvalue weighted by atomic mass is 16.5. The first-order chi connectivity index (χ1) is 14.1. The Balaban J connectivity index is 1.94. The Bertz CT molecular complexity index is 1020. The highest BCUT2D eigenvalue weighted by molar-refractivity contribution is 5.93. The third-order valence-corrected chi connectivity index (χ3v) is 5.43. The molecule has 1 N–H and O–H groups in total. The molecule has 1 aliphatic rings. The van der Waals surface area contributed by atoms with Crippen LogP contribution in [0.2, 0.25) is 0 Å². The monoisotopic (exact) mass is 394 g/mol. The van der Waals surface area contributed by atoms with E-state index in [-0.39, 0.29) is 6.10 Å². The summed E-state index contributed by atoms with van der Waals surface area (Å²) in [5.41, 5.74) is 3.58. The van der Waals surface area contributed by atoms with Crippen LogP contribution in [0.4, 0.5) is 0 Å². The molecule has 152 valence electrons. The number of hydrogen-bond acceptors (Lipinski definition) is 6.